The summed E-state index contributed by atoms with van der Waals surface area (Å²) < 4.78 is 22.9. The summed E-state index contributed by atoms with van der Waals surface area (Å²) in [7, 11) is -3.17. The Labute approximate surface area is 142 Å². The van der Waals surface area contributed by atoms with Crippen LogP contribution in [-0.4, -0.2) is 19.8 Å². The van der Waals surface area contributed by atoms with Crippen molar-refractivity contribution in [2.24, 2.45) is 0 Å². The van der Waals surface area contributed by atoms with Gasteiger partial charge in [0.25, 0.3) is 0 Å². The molecule has 0 saturated carbocycles. The molecule has 0 bridgehead atoms. The average Bonchev–Trinajstić information content (AvgIpc) is 2.49. The minimum Gasteiger partial charge on any atom is -0.356 e. The highest BCUT2D eigenvalue weighted by Crippen LogP contribution is 2.16. The second-order valence-corrected chi connectivity index (χ2v) is 7.95. The molecule has 0 aliphatic heterocycles. The number of benzene rings is 2. The summed E-state index contributed by atoms with van der Waals surface area (Å²) in [6.45, 7) is 4.00. The zero-order chi connectivity index (χ0) is 17.0. The number of nitrogens with one attached hydrogen (secondary N) is 2. The fraction of sp³-hybridized carbons (Fsp3) is 0.235. The van der Waals surface area contributed by atoms with E-state index in [0.29, 0.717) is 10.0 Å². The third-order valence-corrected chi connectivity index (χ3v) is 4.81. The first kappa shape index (κ1) is 17.4. The van der Waals surface area contributed by atoms with Gasteiger partial charge >= 0.3 is 0 Å². The fourth-order valence-corrected chi connectivity index (χ4v) is 3.01. The molecule has 2 aromatic carbocycles. The maximum absolute atomic E-state index is 11.5. The van der Waals surface area contributed by atoms with Crippen molar-refractivity contribution in [3.05, 3.63) is 59.7 Å². The van der Waals surface area contributed by atoms with E-state index in [-0.39, 0.29) is 6.04 Å². The van der Waals surface area contributed by atoms with Crippen LogP contribution in [0, 0.1) is 6.92 Å². The Bertz CT molecular complexity index is 782. The molecule has 4 nitrogen and oxygen atoms in total. The highest BCUT2D eigenvalue weighted by Gasteiger charge is 2.10. The lowest BCUT2D eigenvalue weighted by atomic mass is 10.1. The van der Waals surface area contributed by atoms with Crippen LogP contribution in [0.1, 0.15) is 24.1 Å². The molecule has 0 aliphatic carbocycles. The van der Waals surface area contributed by atoms with Crippen LogP contribution in [0.5, 0.6) is 0 Å². The van der Waals surface area contributed by atoms with Crippen LogP contribution in [0.4, 0.5) is 5.69 Å². The maximum Gasteiger partial charge on any atom is 0.175 e. The summed E-state index contributed by atoms with van der Waals surface area (Å²) in [5.41, 5.74) is 3.08. The lowest BCUT2D eigenvalue weighted by Gasteiger charge is -2.17. The lowest BCUT2D eigenvalue weighted by molar-refractivity contribution is 0.601. The first-order valence-corrected chi connectivity index (χ1v) is 9.50. The first-order chi connectivity index (χ1) is 10.8. The van der Waals surface area contributed by atoms with Gasteiger partial charge in [0.15, 0.2) is 14.9 Å². The number of aryl methyl sites for hydroxylation is 1. The molecule has 2 N–H and O–H groups in total. The third kappa shape index (κ3) is 5.04. The zero-order valence-corrected chi connectivity index (χ0v) is 15.0. The molecule has 0 amide bonds. The molecule has 2 rings (SSSR count). The van der Waals surface area contributed by atoms with Gasteiger partial charge in [-0.25, -0.2) is 8.42 Å². The van der Waals surface area contributed by atoms with Crippen LogP contribution >= 0.6 is 12.2 Å². The van der Waals surface area contributed by atoms with E-state index in [4.69, 9.17) is 12.2 Å². The fourth-order valence-electron chi connectivity index (χ4n) is 2.09. The SMILES string of the molecule is Cc1ccc(NC(=S)N[C@H](C)c2ccc(S(C)(=O)=O)cc2)cc1. The maximum atomic E-state index is 11.5. The molecule has 122 valence electrons. The van der Waals surface area contributed by atoms with E-state index in [9.17, 15) is 8.42 Å². The van der Waals surface area contributed by atoms with E-state index >= 15 is 0 Å². The number of thiocarbonyl (C=S) groups is 1. The third-order valence-electron chi connectivity index (χ3n) is 3.47. The standard InChI is InChI=1S/C17H20N2O2S2/c1-12-4-8-15(9-5-12)19-17(22)18-13(2)14-6-10-16(11-7-14)23(3,20)21/h4-11,13H,1-3H3,(H2,18,19,22)/t13-/m1/s1. The largest absolute Gasteiger partial charge is 0.356 e. The van der Waals surface area contributed by atoms with E-state index in [2.05, 4.69) is 10.6 Å². The molecule has 0 spiro atoms. The van der Waals surface area contributed by atoms with Crippen molar-refractivity contribution in [1.82, 2.24) is 5.32 Å². The van der Waals surface area contributed by atoms with Gasteiger partial charge in [-0.2, -0.15) is 0 Å². The van der Waals surface area contributed by atoms with Crippen molar-refractivity contribution in [2.75, 3.05) is 11.6 Å². The van der Waals surface area contributed by atoms with Gasteiger partial charge in [0, 0.05) is 11.9 Å². The molecule has 0 unspecified atom stereocenters. The molecule has 0 fully saturated rings. The summed E-state index contributed by atoms with van der Waals surface area (Å²) >= 11 is 5.31. The molecular formula is C17H20N2O2S2. The Morgan fingerprint density at radius 1 is 1.04 bits per heavy atom. The van der Waals surface area contributed by atoms with Gasteiger partial charge in [-0.15, -0.1) is 0 Å². The Morgan fingerprint density at radius 2 is 1.61 bits per heavy atom. The average molecular weight is 348 g/mol. The first-order valence-electron chi connectivity index (χ1n) is 7.20. The van der Waals surface area contributed by atoms with Crippen LogP contribution < -0.4 is 10.6 Å². The monoisotopic (exact) mass is 348 g/mol. The minimum atomic E-state index is -3.17. The molecule has 23 heavy (non-hydrogen) atoms. The summed E-state index contributed by atoms with van der Waals surface area (Å²) in [5, 5.41) is 6.84. The van der Waals surface area contributed by atoms with Crippen LogP contribution in [0.2, 0.25) is 0 Å². The molecule has 0 saturated heterocycles. The van der Waals surface area contributed by atoms with Crippen LogP contribution in [0.15, 0.2) is 53.4 Å². The second-order valence-electron chi connectivity index (χ2n) is 5.53. The predicted molar refractivity (Wildman–Crippen MR) is 98.5 cm³/mol. The number of hydrogen-bond donors (Lipinski definition) is 2. The Hall–Kier alpha value is -1.92. The van der Waals surface area contributed by atoms with Gasteiger partial charge in [-0.3, -0.25) is 0 Å². The zero-order valence-electron chi connectivity index (χ0n) is 13.3. The summed E-state index contributed by atoms with van der Waals surface area (Å²) in [4.78, 5) is 0.314. The Balaban J connectivity index is 1.99. The van der Waals surface area contributed by atoms with Crippen molar-refractivity contribution >= 4 is 32.9 Å². The van der Waals surface area contributed by atoms with Crippen LogP contribution in [-0.2, 0) is 9.84 Å². The van der Waals surface area contributed by atoms with Gasteiger partial charge < -0.3 is 10.6 Å². The summed E-state index contributed by atoms with van der Waals surface area (Å²) in [6.07, 6.45) is 1.20. The molecule has 2 aromatic rings. The van der Waals surface area contributed by atoms with Crippen LogP contribution in [0.25, 0.3) is 0 Å². The summed E-state index contributed by atoms with van der Waals surface area (Å²) in [6, 6.07) is 14.7. The molecular weight excluding hydrogens is 328 g/mol. The second kappa shape index (κ2) is 7.10. The predicted octanol–water partition coefficient (Wildman–Crippen LogP) is 3.45. The van der Waals surface area contributed by atoms with Crippen molar-refractivity contribution in [3.8, 4) is 0 Å². The molecule has 6 heteroatoms. The van der Waals surface area contributed by atoms with Gasteiger partial charge in [0.2, 0.25) is 0 Å². The summed E-state index contributed by atoms with van der Waals surface area (Å²) in [5.74, 6) is 0. The van der Waals surface area contributed by atoms with E-state index in [1.54, 1.807) is 24.3 Å². The molecule has 1 atom stereocenters. The smallest absolute Gasteiger partial charge is 0.175 e. The van der Waals surface area contributed by atoms with Crippen molar-refractivity contribution in [1.29, 1.82) is 0 Å². The van der Waals surface area contributed by atoms with Gasteiger partial charge in [0.1, 0.15) is 0 Å². The Morgan fingerprint density at radius 3 is 2.13 bits per heavy atom. The van der Waals surface area contributed by atoms with Crippen LogP contribution in [0.3, 0.4) is 0 Å². The molecule has 0 heterocycles. The van der Waals surface area contributed by atoms with Gasteiger partial charge in [-0.05, 0) is 55.9 Å². The Kier molecular flexibility index (Phi) is 5.38. The van der Waals surface area contributed by atoms with Crippen molar-refractivity contribution in [2.45, 2.75) is 24.8 Å². The van der Waals surface area contributed by atoms with E-state index in [1.165, 1.54) is 11.8 Å². The van der Waals surface area contributed by atoms with E-state index < -0.39 is 9.84 Å². The van der Waals surface area contributed by atoms with E-state index in [0.717, 1.165) is 11.3 Å². The molecule has 0 aliphatic rings. The van der Waals surface area contributed by atoms with Gasteiger partial charge in [0.05, 0.1) is 10.9 Å². The highest BCUT2D eigenvalue weighted by molar-refractivity contribution is 7.90. The van der Waals surface area contributed by atoms with Gasteiger partial charge in [-0.1, -0.05) is 29.8 Å². The quantitative estimate of drug-likeness (QED) is 0.829. The number of anilines is 1. The minimum absolute atomic E-state index is 0.0333. The lowest BCUT2D eigenvalue weighted by Crippen LogP contribution is -2.30. The topological polar surface area (TPSA) is 58.2 Å². The van der Waals surface area contributed by atoms with Crippen molar-refractivity contribution < 1.29 is 8.42 Å². The van der Waals surface area contributed by atoms with Crippen molar-refractivity contribution in [3.63, 3.8) is 0 Å². The number of hydrogen-bond acceptors (Lipinski definition) is 3. The number of rotatable bonds is 4. The highest BCUT2D eigenvalue weighted by atomic mass is 32.2. The molecule has 0 aromatic heterocycles. The normalized spacial score (nSPS) is 12.5. The number of sulfone groups is 1. The molecule has 0 radical (unpaired) electrons. The van der Waals surface area contributed by atoms with E-state index in [1.807, 2.05) is 38.1 Å².